The molecule has 1 aromatic rings. The number of hydrogen-bond donors (Lipinski definition) is 0. The lowest BCUT2D eigenvalue weighted by Crippen LogP contribution is -2.19. The molecule has 0 radical (unpaired) electrons. The van der Waals surface area contributed by atoms with Crippen LogP contribution in [0.5, 0.6) is 0 Å². The summed E-state index contributed by atoms with van der Waals surface area (Å²) in [7, 11) is 0. The van der Waals surface area contributed by atoms with Crippen LogP contribution in [0.15, 0.2) is 50.9 Å². The summed E-state index contributed by atoms with van der Waals surface area (Å²) in [6.07, 6.45) is 1.96. The molecular weight excluding hydrogens is 178 g/mol. The van der Waals surface area contributed by atoms with Crippen LogP contribution in [0.3, 0.4) is 0 Å². The van der Waals surface area contributed by atoms with Gasteiger partial charge in [-0.25, -0.2) is 5.01 Å². The molecule has 0 atom stereocenters. The zero-order valence-corrected chi connectivity index (χ0v) is 7.33. The minimum Gasteiger partial charge on any atom is -0.221 e. The van der Waals surface area contributed by atoms with Crippen molar-refractivity contribution in [1.82, 2.24) is 5.01 Å². The van der Waals surface area contributed by atoms with E-state index in [1.165, 1.54) is 11.1 Å². The molecule has 5 nitrogen and oxygen atoms in total. The number of rotatable bonds is 0. The van der Waals surface area contributed by atoms with Crippen LogP contribution in [0.4, 0.5) is 0 Å². The smallest absolute Gasteiger partial charge is 0.175 e. The molecular formula is C9H7N5. The molecule has 0 unspecified atom stereocenters. The minimum atomic E-state index is 0.713. The summed E-state index contributed by atoms with van der Waals surface area (Å²) in [5.41, 5.74) is 2.40. The monoisotopic (exact) mass is 185 g/mol. The fourth-order valence-corrected chi connectivity index (χ4v) is 1.56. The highest BCUT2D eigenvalue weighted by molar-refractivity contribution is 5.58. The third-order valence-corrected chi connectivity index (χ3v) is 2.26. The summed E-state index contributed by atoms with van der Waals surface area (Å²) in [6.45, 7) is 0.713. The Kier molecular flexibility index (Phi) is 1.44. The summed E-state index contributed by atoms with van der Waals surface area (Å²) in [6, 6.07) is 8.15. The Hall–Kier alpha value is -2.04. The molecule has 0 aliphatic carbocycles. The number of benzene rings is 1. The van der Waals surface area contributed by atoms with Crippen LogP contribution in [0.25, 0.3) is 6.08 Å². The Bertz CT molecular complexity index is 460. The summed E-state index contributed by atoms with van der Waals surface area (Å²) >= 11 is 0. The van der Waals surface area contributed by atoms with Crippen molar-refractivity contribution in [3.05, 3.63) is 41.2 Å². The lowest BCUT2D eigenvalue weighted by atomic mass is 10.0. The zero-order chi connectivity index (χ0) is 9.38. The molecule has 0 amide bonds. The SMILES string of the molecule is C1=C2N=NN=NN2Cc2ccccc21. The van der Waals surface area contributed by atoms with E-state index in [0.717, 1.165) is 5.82 Å². The van der Waals surface area contributed by atoms with E-state index in [2.05, 4.69) is 32.9 Å². The molecule has 2 heterocycles. The van der Waals surface area contributed by atoms with Crippen molar-refractivity contribution in [3.8, 4) is 0 Å². The maximum atomic E-state index is 3.90. The molecule has 0 aromatic heterocycles. The lowest BCUT2D eigenvalue weighted by Gasteiger charge is -2.23. The van der Waals surface area contributed by atoms with Crippen molar-refractivity contribution in [2.45, 2.75) is 6.54 Å². The molecule has 0 N–H and O–H groups in total. The molecule has 0 spiro atoms. The van der Waals surface area contributed by atoms with E-state index in [1.54, 1.807) is 5.01 Å². The molecule has 0 bridgehead atoms. The predicted molar refractivity (Wildman–Crippen MR) is 49.7 cm³/mol. The summed E-state index contributed by atoms with van der Waals surface area (Å²) in [4.78, 5) is 0. The molecule has 68 valence electrons. The first-order chi connectivity index (χ1) is 6.93. The summed E-state index contributed by atoms with van der Waals surface area (Å²) < 4.78 is 0. The van der Waals surface area contributed by atoms with Gasteiger partial charge in [0.15, 0.2) is 5.82 Å². The van der Waals surface area contributed by atoms with E-state index < -0.39 is 0 Å². The van der Waals surface area contributed by atoms with Gasteiger partial charge in [0.05, 0.1) is 6.54 Å². The van der Waals surface area contributed by atoms with E-state index in [9.17, 15) is 0 Å². The van der Waals surface area contributed by atoms with Crippen LogP contribution in [-0.4, -0.2) is 5.01 Å². The van der Waals surface area contributed by atoms with Gasteiger partial charge in [0.2, 0.25) is 0 Å². The second-order valence-electron chi connectivity index (χ2n) is 3.13. The normalized spacial score (nSPS) is 17.4. The zero-order valence-electron chi connectivity index (χ0n) is 7.33. The number of nitrogens with zero attached hydrogens (tertiary/aromatic N) is 5. The molecule has 0 saturated heterocycles. The first kappa shape index (κ1) is 7.37. The Morgan fingerprint density at radius 3 is 3.07 bits per heavy atom. The highest BCUT2D eigenvalue weighted by Gasteiger charge is 2.18. The Morgan fingerprint density at radius 2 is 2.07 bits per heavy atom. The topological polar surface area (TPSA) is 52.7 Å². The van der Waals surface area contributed by atoms with Crippen molar-refractivity contribution in [2.75, 3.05) is 0 Å². The van der Waals surface area contributed by atoms with E-state index in [0.29, 0.717) is 6.54 Å². The van der Waals surface area contributed by atoms with Gasteiger partial charge in [-0.3, -0.25) is 0 Å². The summed E-state index contributed by atoms with van der Waals surface area (Å²) in [5.74, 6) is 0.749. The van der Waals surface area contributed by atoms with Gasteiger partial charge in [-0.05, 0) is 32.9 Å². The Labute approximate surface area is 80.4 Å². The molecule has 2 aliphatic rings. The molecule has 2 aliphatic heterocycles. The third-order valence-electron chi connectivity index (χ3n) is 2.26. The van der Waals surface area contributed by atoms with Crippen LogP contribution in [0, 0.1) is 0 Å². The van der Waals surface area contributed by atoms with Gasteiger partial charge in [0.1, 0.15) is 0 Å². The third kappa shape index (κ3) is 1.02. The molecule has 14 heavy (non-hydrogen) atoms. The van der Waals surface area contributed by atoms with Gasteiger partial charge in [0, 0.05) is 0 Å². The van der Waals surface area contributed by atoms with E-state index >= 15 is 0 Å². The highest BCUT2D eigenvalue weighted by atomic mass is 15.7. The van der Waals surface area contributed by atoms with Crippen molar-refractivity contribution >= 4 is 6.08 Å². The first-order valence-electron chi connectivity index (χ1n) is 4.32. The average Bonchev–Trinajstić information content (AvgIpc) is 2.26. The van der Waals surface area contributed by atoms with Crippen molar-refractivity contribution in [2.24, 2.45) is 20.8 Å². The first-order valence-corrected chi connectivity index (χ1v) is 4.32. The van der Waals surface area contributed by atoms with Gasteiger partial charge in [-0.15, -0.1) is 5.11 Å². The molecule has 0 fully saturated rings. The van der Waals surface area contributed by atoms with Crippen molar-refractivity contribution in [1.29, 1.82) is 0 Å². The standard InChI is InChI=1S/C9H7N5/c1-2-4-8-6-14-9(5-7(8)3-1)10-11-12-13-14/h1-5H,6H2. The fourth-order valence-electron chi connectivity index (χ4n) is 1.56. The largest absolute Gasteiger partial charge is 0.221 e. The summed E-state index contributed by atoms with van der Waals surface area (Å²) in [5, 5.41) is 16.5. The van der Waals surface area contributed by atoms with Crippen molar-refractivity contribution < 1.29 is 0 Å². The molecule has 0 saturated carbocycles. The van der Waals surface area contributed by atoms with Crippen LogP contribution in [-0.2, 0) is 6.54 Å². The van der Waals surface area contributed by atoms with Gasteiger partial charge in [-0.2, -0.15) is 0 Å². The van der Waals surface area contributed by atoms with Crippen LogP contribution in [0.2, 0.25) is 0 Å². The predicted octanol–water partition coefficient (Wildman–Crippen LogP) is 2.55. The number of fused-ring (bicyclic) bond motifs is 2. The maximum absolute atomic E-state index is 3.90. The second-order valence-corrected chi connectivity index (χ2v) is 3.13. The van der Waals surface area contributed by atoms with Gasteiger partial charge in [-0.1, -0.05) is 24.3 Å². The Balaban J connectivity index is 2.13. The Morgan fingerprint density at radius 1 is 1.14 bits per heavy atom. The van der Waals surface area contributed by atoms with Gasteiger partial charge >= 0.3 is 0 Å². The molecule has 1 aromatic carbocycles. The lowest BCUT2D eigenvalue weighted by molar-refractivity contribution is 0.301. The van der Waals surface area contributed by atoms with Crippen molar-refractivity contribution in [3.63, 3.8) is 0 Å². The fraction of sp³-hybridized carbons (Fsp3) is 0.111. The molecule has 5 heteroatoms. The number of hydrogen-bond acceptors (Lipinski definition) is 5. The van der Waals surface area contributed by atoms with Crippen LogP contribution in [0.1, 0.15) is 11.1 Å². The van der Waals surface area contributed by atoms with E-state index in [1.807, 2.05) is 18.2 Å². The van der Waals surface area contributed by atoms with E-state index in [-0.39, 0.29) is 0 Å². The molecule has 3 rings (SSSR count). The van der Waals surface area contributed by atoms with E-state index in [4.69, 9.17) is 0 Å². The highest BCUT2D eigenvalue weighted by Crippen LogP contribution is 2.27. The van der Waals surface area contributed by atoms with Crippen LogP contribution >= 0.6 is 0 Å². The maximum Gasteiger partial charge on any atom is 0.175 e. The second kappa shape index (κ2) is 2.73. The quantitative estimate of drug-likeness (QED) is 0.612. The van der Waals surface area contributed by atoms with Crippen LogP contribution < -0.4 is 0 Å². The average molecular weight is 185 g/mol. The minimum absolute atomic E-state index is 0.713. The van der Waals surface area contributed by atoms with Gasteiger partial charge < -0.3 is 0 Å². The van der Waals surface area contributed by atoms with Gasteiger partial charge in [0.25, 0.3) is 0 Å².